The van der Waals surface area contributed by atoms with E-state index in [1.807, 2.05) is 6.92 Å². The van der Waals surface area contributed by atoms with Gasteiger partial charge in [0.25, 0.3) is 5.88 Å². The molecule has 0 radical (unpaired) electrons. The number of hydrogen-bond acceptors (Lipinski definition) is 5. The molecule has 2 heterocycles. The SMILES string of the molecule is Cc1ccc(C2(c3nnc4c(Oc5ccccc5OC(F)(F)F)nccn34)CC2)cc1. The van der Waals surface area contributed by atoms with Gasteiger partial charge in [0.05, 0.1) is 5.41 Å². The maximum absolute atomic E-state index is 12.7. The summed E-state index contributed by atoms with van der Waals surface area (Å²) in [4.78, 5) is 4.16. The van der Waals surface area contributed by atoms with E-state index in [9.17, 15) is 13.2 Å². The number of nitrogens with zero attached hydrogens (tertiary/aromatic N) is 4. The van der Waals surface area contributed by atoms with Crippen LogP contribution in [0.2, 0.25) is 0 Å². The van der Waals surface area contributed by atoms with Crippen LogP contribution in [0.1, 0.15) is 29.8 Å². The summed E-state index contributed by atoms with van der Waals surface area (Å²) in [5.41, 5.74) is 2.39. The highest BCUT2D eigenvalue weighted by atomic mass is 19.4. The van der Waals surface area contributed by atoms with Gasteiger partial charge in [-0.15, -0.1) is 23.4 Å². The van der Waals surface area contributed by atoms with Crippen LogP contribution in [-0.4, -0.2) is 25.9 Å². The summed E-state index contributed by atoms with van der Waals surface area (Å²) in [6, 6.07) is 13.8. The molecule has 9 heteroatoms. The van der Waals surface area contributed by atoms with Crippen LogP contribution in [0.25, 0.3) is 5.65 Å². The molecule has 0 unspecified atom stereocenters. The first kappa shape index (κ1) is 19.3. The van der Waals surface area contributed by atoms with Crippen molar-refractivity contribution in [3.63, 3.8) is 0 Å². The van der Waals surface area contributed by atoms with Crippen molar-refractivity contribution >= 4 is 5.65 Å². The van der Waals surface area contributed by atoms with Gasteiger partial charge in [-0.25, -0.2) is 4.98 Å². The summed E-state index contributed by atoms with van der Waals surface area (Å²) in [6.07, 6.45) is 0.250. The lowest BCUT2D eigenvalue weighted by Gasteiger charge is -2.15. The maximum atomic E-state index is 12.7. The first-order valence-electron chi connectivity index (χ1n) is 9.66. The number of rotatable bonds is 5. The van der Waals surface area contributed by atoms with Crippen molar-refractivity contribution in [2.75, 3.05) is 0 Å². The standard InChI is InChI=1S/C22H17F3N4O2/c1-14-6-8-15(9-7-14)21(10-11-21)20-28-27-18-19(26-12-13-29(18)20)30-16-4-2-3-5-17(16)31-22(23,24)25/h2-9,12-13H,10-11H2,1H3. The van der Waals surface area contributed by atoms with Gasteiger partial charge < -0.3 is 9.47 Å². The molecule has 1 fully saturated rings. The zero-order valence-corrected chi connectivity index (χ0v) is 16.4. The molecule has 4 aromatic rings. The third kappa shape index (κ3) is 3.56. The highest BCUT2D eigenvalue weighted by Crippen LogP contribution is 2.53. The van der Waals surface area contributed by atoms with Crippen LogP contribution in [0.4, 0.5) is 13.2 Å². The van der Waals surface area contributed by atoms with Gasteiger partial charge in [0, 0.05) is 12.4 Å². The first-order chi connectivity index (χ1) is 14.9. The van der Waals surface area contributed by atoms with Crippen LogP contribution < -0.4 is 9.47 Å². The normalized spacial score (nSPS) is 15.1. The highest BCUT2D eigenvalue weighted by Gasteiger charge is 2.49. The van der Waals surface area contributed by atoms with Gasteiger partial charge in [-0.05, 0) is 37.5 Å². The second-order valence-electron chi connectivity index (χ2n) is 7.49. The molecule has 158 valence electrons. The predicted molar refractivity (Wildman–Crippen MR) is 105 cm³/mol. The molecular formula is C22H17F3N4O2. The number of fused-ring (bicyclic) bond motifs is 1. The average molecular weight is 426 g/mol. The lowest BCUT2D eigenvalue weighted by molar-refractivity contribution is -0.275. The van der Waals surface area contributed by atoms with E-state index in [1.54, 1.807) is 16.7 Å². The zero-order valence-electron chi connectivity index (χ0n) is 16.4. The summed E-state index contributed by atoms with van der Waals surface area (Å²) in [7, 11) is 0. The number of benzene rings is 2. The van der Waals surface area contributed by atoms with E-state index >= 15 is 0 Å². The quantitative estimate of drug-likeness (QED) is 0.439. The Hall–Kier alpha value is -3.62. The molecule has 0 amide bonds. The Balaban J connectivity index is 1.53. The lowest BCUT2D eigenvalue weighted by Crippen LogP contribution is -2.17. The molecule has 1 aliphatic carbocycles. The number of aromatic nitrogens is 4. The molecule has 0 N–H and O–H groups in total. The fourth-order valence-corrected chi connectivity index (χ4v) is 3.69. The van der Waals surface area contributed by atoms with E-state index in [-0.39, 0.29) is 17.0 Å². The van der Waals surface area contributed by atoms with Crippen LogP contribution in [0.5, 0.6) is 17.4 Å². The van der Waals surface area contributed by atoms with Crippen molar-refractivity contribution in [3.8, 4) is 17.4 Å². The second-order valence-corrected chi connectivity index (χ2v) is 7.49. The van der Waals surface area contributed by atoms with E-state index < -0.39 is 12.1 Å². The number of halogens is 3. The summed E-state index contributed by atoms with van der Waals surface area (Å²) in [6.45, 7) is 2.03. The van der Waals surface area contributed by atoms with Crippen molar-refractivity contribution < 1.29 is 22.6 Å². The molecule has 0 atom stereocenters. The van der Waals surface area contributed by atoms with Crippen LogP contribution in [-0.2, 0) is 5.41 Å². The Morgan fingerprint density at radius 3 is 2.35 bits per heavy atom. The van der Waals surface area contributed by atoms with Gasteiger partial charge >= 0.3 is 6.36 Å². The van der Waals surface area contributed by atoms with Crippen LogP contribution in [0.15, 0.2) is 60.9 Å². The third-order valence-electron chi connectivity index (χ3n) is 5.36. The summed E-state index contributed by atoms with van der Waals surface area (Å²) >= 11 is 0. The number of hydrogen-bond donors (Lipinski definition) is 0. The van der Waals surface area contributed by atoms with Crippen molar-refractivity contribution in [2.45, 2.75) is 31.5 Å². The Labute approximate surface area is 175 Å². The third-order valence-corrected chi connectivity index (χ3v) is 5.36. The van der Waals surface area contributed by atoms with E-state index in [2.05, 4.69) is 44.2 Å². The van der Waals surface area contributed by atoms with Gasteiger partial charge in [-0.3, -0.25) is 4.40 Å². The van der Waals surface area contributed by atoms with Crippen LogP contribution in [0.3, 0.4) is 0 Å². The van der Waals surface area contributed by atoms with Gasteiger partial charge in [-0.1, -0.05) is 42.0 Å². The fraction of sp³-hybridized carbons (Fsp3) is 0.227. The highest BCUT2D eigenvalue weighted by molar-refractivity contribution is 5.54. The second kappa shape index (κ2) is 6.97. The minimum atomic E-state index is -4.84. The smallest absolute Gasteiger partial charge is 0.432 e. The Morgan fingerprint density at radius 1 is 0.968 bits per heavy atom. The molecule has 0 spiro atoms. The van der Waals surface area contributed by atoms with Gasteiger partial charge in [0.2, 0.25) is 5.65 Å². The molecule has 0 bridgehead atoms. The zero-order chi connectivity index (χ0) is 21.6. The average Bonchev–Trinajstić information content (AvgIpc) is 3.41. The Kier molecular flexibility index (Phi) is 4.35. The molecule has 6 nitrogen and oxygen atoms in total. The summed E-state index contributed by atoms with van der Waals surface area (Å²) in [5.74, 6) is 0.208. The van der Waals surface area contributed by atoms with Gasteiger partial charge in [0.15, 0.2) is 11.5 Å². The van der Waals surface area contributed by atoms with E-state index in [0.717, 1.165) is 24.2 Å². The van der Waals surface area contributed by atoms with Crippen molar-refractivity contribution in [3.05, 3.63) is 77.9 Å². The first-order valence-corrected chi connectivity index (χ1v) is 9.66. The monoisotopic (exact) mass is 426 g/mol. The minimum absolute atomic E-state index is 0.0409. The maximum Gasteiger partial charge on any atom is 0.573 e. The molecule has 0 aliphatic heterocycles. The molecule has 2 aromatic heterocycles. The summed E-state index contributed by atoms with van der Waals surface area (Å²) < 4.78 is 49.7. The Bertz CT molecular complexity index is 1250. The largest absolute Gasteiger partial charge is 0.573 e. The molecule has 31 heavy (non-hydrogen) atoms. The van der Waals surface area contributed by atoms with Crippen molar-refractivity contribution in [2.24, 2.45) is 0 Å². The molecule has 1 saturated carbocycles. The number of ether oxygens (including phenoxy) is 2. The molecular weight excluding hydrogens is 409 g/mol. The van der Waals surface area contributed by atoms with Gasteiger partial charge in [-0.2, -0.15) is 0 Å². The number of alkyl halides is 3. The number of aryl methyl sites for hydroxylation is 1. The summed E-state index contributed by atoms with van der Waals surface area (Å²) in [5, 5.41) is 8.62. The molecule has 5 rings (SSSR count). The lowest BCUT2D eigenvalue weighted by atomic mass is 9.94. The van der Waals surface area contributed by atoms with Crippen LogP contribution >= 0.6 is 0 Å². The fourth-order valence-electron chi connectivity index (χ4n) is 3.69. The number of para-hydroxylation sites is 2. The Morgan fingerprint density at radius 2 is 1.68 bits per heavy atom. The predicted octanol–water partition coefficient (Wildman–Crippen LogP) is 5.20. The van der Waals surface area contributed by atoms with E-state index in [1.165, 1.54) is 30.0 Å². The van der Waals surface area contributed by atoms with Crippen molar-refractivity contribution in [1.82, 2.24) is 19.6 Å². The van der Waals surface area contributed by atoms with Crippen LogP contribution in [0, 0.1) is 6.92 Å². The van der Waals surface area contributed by atoms with E-state index in [4.69, 9.17) is 4.74 Å². The molecule has 2 aromatic carbocycles. The van der Waals surface area contributed by atoms with E-state index in [0.29, 0.717) is 5.65 Å². The molecule has 1 aliphatic rings. The minimum Gasteiger partial charge on any atom is -0.432 e. The van der Waals surface area contributed by atoms with Crippen molar-refractivity contribution in [1.29, 1.82) is 0 Å². The topological polar surface area (TPSA) is 61.5 Å². The molecule has 0 saturated heterocycles. The van der Waals surface area contributed by atoms with Gasteiger partial charge in [0.1, 0.15) is 5.82 Å².